The van der Waals surface area contributed by atoms with Gasteiger partial charge in [-0.2, -0.15) is 0 Å². The van der Waals surface area contributed by atoms with Crippen LogP contribution in [0.5, 0.6) is 0 Å². The van der Waals surface area contributed by atoms with E-state index >= 15 is 0 Å². The van der Waals surface area contributed by atoms with E-state index in [2.05, 4.69) is 61.6 Å². The van der Waals surface area contributed by atoms with E-state index < -0.39 is 0 Å². The molecule has 1 aliphatic rings. The van der Waals surface area contributed by atoms with E-state index in [1.165, 1.54) is 27.8 Å². The van der Waals surface area contributed by atoms with Crippen LogP contribution in [0.15, 0.2) is 42.5 Å². The normalized spacial score (nSPS) is 15.0. The second-order valence-corrected chi connectivity index (χ2v) is 5.78. The van der Waals surface area contributed by atoms with Gasteiger partial charge in [0, 0.05) is 6.04 Å². The molecule has 0 saturated carbocycles. The molecule has 0 fully saturated rings. The van der Waals surface area contributed by atoms with Crippen LogP contribution in [-0.4, -0.2) is 6.54 Å². The fourth-order valence-corrected chi connectivity index (χ4v) is 2.82. The molecule has 2 aromatic rings. The molecule has 1 heterocycles. The SMILES string of the molecule is CCCNC(C)c1cccc(-c2ccc3c(c2)COC3)c1. The lowest BCUT2D eigenvalue weighted by Crippen LogP contribution is -2.19. The van der Waals surface area contributed by atoms with E-state index in [4.69, 9.17) is 4.74 Å². The number of benzene rings is 2. The standard InChI is InChI=1S/C19H23NO/c1-3-9-20-14(2)15-5-4-6-16(10-15)17-7-8-18-12-21-13-19(18)11-17/h4-8,10-11,14,20H,3,9,12-13H2,1-2H3. The molecule has 1 N–H and O–H groups in total. The van der Waals surface area contributed by atoms with Crippen molar-refractivity contribution in [1.29, 1.82) is 0 Å². The van der Waals surface area contributed by atoms with E-state index in [1.54, 1.807) is 0 Å². The van der Waals surface area contributed by atoms with Crippen LogP contribution in [0.1, 0.15) is 43.0 Å². The summed E-state index contributed by atoms with van der Waals surface area (Å²) in [7, 11) is 0. The first-order valence-electron chi connectivity index (χ1n) is 7.81. The van der Waals surface area contributed by atoms with Crippen molar-refractivity contribution >= 4 is 0 Å². The number of rotatable bonds is 5. The van der Waals surface area contributed by atoms with Gasteiger partial charge in [0.1, 0.15) is 0 Å². The molecule has 1 unspecified atom stereocenters. The molecule has 21 heavy (non-hydrogen) atoms. The van der Waals surface area contributed by atoms with Crippen LogP contribution >= 0.6 is 0 Å². The van der Waals surface area contributed by atoms with Gasteiger partial charge < -0.3 is 10.1 Å². The second-order valence-electron chi connectivity index (χ2n) is 5.78. The maximum absolute atomic E-state index is 5.50. The molecule has 0 radical (unpaired) electrons. The Morgan fingerprint density at radius 1 is 1.05 bits per heavy atom. The van der Waals surface area contributed by atoms with Crippen LogP contribution in [0.4, 0.5) is 0 Å². The second kappa shape index (κ2) is 6.42. The molecule has 0 aliphatic carbocycles. The molecule has 2 nitrogen and oxygen atoms in total. The summed E-state index contributed by atoms with van der Waals surface area (Å²) in [6.07, 6.45) is 1.16. The fraction of sp³-hybridized carbons (Fsp3) is 0.368. The average Bonchev–Trinajstić information content (AvgIpc) is 3.00. The van der Waals surface area contributed by atoms with Gasteiger partial charge >= 0.3 is 0 Å². The number of fused-ring (bicyclic) bond motifs is 1. The van der Waals surface area contributed by atoms with Crippen molar-refractivity contribution in [1.82, 2.24) is 5.32 Å². The minimum Gasteiger partial charge on any atom is -0.372 e. The van der Waals surface area contributed by atoms with Crippen LogP contribution in [0.3, 0.4) is 0 Å². The molecule has 0 aromatic heterocycles. The van der Waals surface area contributed by atoms with E-state index in [0.717, 1.165) is 26.2 Å². The lowest BCUT2D eigenvalue weighted by molar-refractivity contribution is 0.134. The van der Waals surface area contributed by atoms with Crippen molar-refractivity contribution < 1.29 is 4.74 Å². The zero-order chi connectivity index (χ0) is 14.7. The van der Waals surface area contributed by atoms with Gasteiger partial charge in [0.2, 0.25) is 0 Å². The molecule has 110 valence electrons. The van der Waals surface area contributed by atoms with Crippen LogP contribution < -0.4 is 5.32 Å². The van der Waals surface area contributed by atoms with Gasteiger partial charge in [0.25, 0.3) is 0 Å². The first kappa shape index (κ1) is 14.3. The Bertz CT molecular complexity index is 621. The molecule has 1 atom stereocenters. The first-order valence-corrected chi connectivity index (χ1v) is 7.81. The van der Waals surface area contributed by atoms with E-state index in [9.17, 15) is 0 Å². The average molecular weight is 281 g/mol. The van der Waals surface area contributed by atoms with Crippen molar-refractivity contribution in [2.45, 2.75) is 39.5 Å². The molecule has 1 aliphatic heterocycles. The zero-order valence-corrected chi connectivity index (χ0v) is 12.9. The predicted octanol–water partition coefficient (Wildman–Crippen LogP) is 4.44. The Kier molecular flexibility index (Phi) is 4.37. The summed E-state index contributed by atoms with van der Waals surface area (Å²) >= 11 is 0. The quantitative estimate of drug-likeness (QED) is 0.874. The Labute approximate surface area is 127 Å². The summed E-state index contributed by atoms with van der Waals surface area (Å²) < 4.78 is 5.50. The monoisotopic (exact) mass is 281 g/mol. The highest BCUT2D eigenvalue weighted by Gasteiger charge is 2.12. The molecule has 2 aromatic carbocycles. The van der Waals surface area contributed by atoms with Gasteiger partial charge in [-0.3, -0.25) is 0 Å². The Balaban J connectivity index is 1.85. The Hall–Kier alpha value is -1.64. The van der Waals surface area contributed by atoms with Crippen molar-refractivity contribution in [3.05, 3.63) is 59.2 Å². The maximum Gasteiger partial charge on any atom is 0.0725 e. The van der Waals surface area contributed by atoms with Crippen molar-refractivity contribution in [2.24, 2.45) is 0 Å². The molecular formula is C19H23NO. The van der Waals surface area contributed by atoms with Gasteiger partial charge in [-0.1, -0.05) is 37.3 Å². The van der Waals surface area contributed by atoms with Crippen molar-refractivity contribution in [3.63, 3.8) is 0 Å². The molecule has 0 saturated heterocycles. The van der Waals surface area contributed by atoms with Crippen molar-refractivity contribution in [2.75, 3.05) is 6.54 Å². The summed E-state index contributed by atoms with van der Waals surface area (Å²) in [6, 6.07) is 15.9. The number of hydrogen-bond acceptors (Lipinski definition) is 2. The summed E-state index contributed by atoms with van der Waals surface area (Å²) in [5.74, 6) is 0. The molecule has 0 amide bonds. The third-order valence-corrected chi connectivity index (χ3v) is 4.14. The number of nitrogens with one attached hydrogen (secondary N) is 1. The third-order valence-electron chi connectivity index (χ3n) is 4.14. The molecule has 3 rings (SSSR count). The number of ether oxygens (including phenoxy) is 1. The molecule has 0 spiro atoms. The van der Waals surface area contributed by atoms with Crippen molar-refractivity contribution in [3.8, 4) is 11.1 Å². The highest BCUT2D eigenvalue weighted by Crippen LogP contribution is 2.28. The minimum absolute atomic E-state index is 0.391. The largest absolute Gasteiger partial charge is 0.372 e. The summed E-state index contributed by atoms with van der Waals surface area (Å²) in [5.41, 5.74) is 6.57. The summed E-state index contributed by atoms with van der Waals surface area (Å²) in [5, 5.41) is 3.55. The van der Waals surface area contributed by atoms with Gasteiger partial charge in [-0.15, -0.1) is 0 Å². The summed E-state index contributed by atoms with van der Waals surface area (Å²) in [4.78, 5) is 0. The molecular weight excluding hydrogens is 258 g/mol. The lowest BCUT2D eigenvalue weighted by Gasteiger charge is -2.15. The van der Waals surface area contributed by atoms with E-state index in [0.29, 0.717) is 6.04 Å². The fourth-order valence-electron chi connectivity index (χ4n) is 2.82. The third kappa shape index (κ3) is 3.17. The molecule has 2 heteroatoms. The first-order chi connectivity index (χ1) is 10.3. The van der Waals surface area contributed by atoms with Gasteiger partial charge in [0.15, 0.2) is 0 Å². The zero-order valence-electron chi connectivity index (χ0n) is 12.9. The van der Waals surface area contributed by atoms with Crippen LogP contribution in [0, 0.1) is 0 Å². The van der Waals surface area contributed by atoms with E-state index in [-0.39, 0.29) is 0 Å². The Morgan fingerprint density at radius 2 is 1.86 bits per heavy atom. The van der Waals surface area contributed by atoms with Gasteiger partial charge in [-0.05, 0) is 59.8 Å². The highest BCUT2D eigenvalue weighted by molar-refractivity contribution is 5.66. The topological polar surface area (TPSA) is 21.3 Å². The minimum atomic E-state index is 0.391. The Morgan fingerprint density at radius 3 is 2.71 bits per heavy atom. The highest BCUT2D eigenvalue weighted by atomic mass is 16.5. The van der Waals surface area contributed by atoms with E-state index in [1.807, 2.05) is 0 Å². The maximum atomic E-state index is 5.50. The van der Waals surface area contributed by atoms with Crippen LogP contribution in [0.2, 0.25) is 0 Å². The predicted molar refractivity (Wildman–Crippen MR) is 87.1 cm³/mol. The summed E-state index contributed by atoms with van der Waals surface area (Å²) in [6.45, 7) is 6.99. The molecule has 0 bridgehead atoms. The van der Waals surface area contributed by atoms with Crippen LogP contribution in [-0.2, 0) is 18.0 Å². The van der Waals surface area contributed by atoms with Gasteiger partial charge in [0.05, 0.1) is 13.2 Å². The lowest BCUT2D eigenvalue weighted by atomic mass is 9.97. The van der Waals surface area contributed by atoms with Crippen LogP contribution in [0.25, 0.3) is 11.1 Å². The number of hydrogen-bond donors (Lipinski definition) is 1. The van der Waals surface area contributed by atoms with Gasteiger partial charge in [-0.25, -0.2) is 0 Å². The smallest absolute Gasteiger partial charge is 0.0725 e.